The van der Waals surface area contributed by atoms with Crippen molar-refractivity contribution in [2.24, 2.45) is 0 Å². The van der Waals surface area contributed by atoms with Gasteiger partial charge in [0.2, 0.25) is 15.9 Å². The maximum absolute atomic E-state index is 13.6. The minimum atomic E-state index is -4.26. The second-order valence-electron chi connectivity index (χ2n) is 7.94. The number of benzene rings is 3. The van der Waals surface area contributed by atoms with E-state index in [1.165, 1.54) is 24.3 Å². The number of nitriles is 1. The van der Waals surface area contributed by atoms with Crippen LogP contribution in [0.15, 0.2) is 77.7 Å². The van der Waals surface area contributed by atoms with Gasteiger partial charge in [-0.2, -0.15) is 9.57 Å². The van der Waals surface area contributed by atoms with Gasteiger partial charge in [-0.1, -0.05) is 29.8 Å². The summed E-state index contributed by atoms with van der Waals surface area (Å²) < 4.78 is 41.6. The molecule has 2 amide bonds. The molecule has 1 aliphatic heterocycles. The average molecular weight is 478 g/mol. The maximum Gasteiger partial charge on any atom is 0.252 e. The first kappa shape index (κ1) is 23.3. The normalized spacial score (nSPS) is 16.2. The number of anilines is 1. The van der Waals surface area contributed by atoms with Crippen LogP contribution in [0.4, 0.5) is 10.1 Å². The molecule has 9 heteroatoms. The Kier molecular flexibility index (Phi) is 6.28. The quantitative estimate of drug-likeness (QED) is 0.506. The molecule has 0 aromatic heterocycles. The number of halogens is 1. The molecule has 4 rings (SSSR count). The van der Waals surface area contributed by atoms with E-state index in [0.717, 1.165) is 39.0 Å². The van der Waals surface area contributed by atoms with E-state index in [9.17, 15) is 22.4 Å². The van der Waals surface area contributed by atoms with Crippen LogP contribution < -0.4 is 4.90 Å². The van der Waals surface area contributed by atoms with Crippen molar-refractivity contribution in [1.29, 1.82) is 5.26 Å². The number of nitrogens with zero attached hydrogens (tertiary/aromatic N) is 3. The van der Waals surface area contributed by atoms with Gasteiger partial charge in [0.15, 0.2) is 0 Å². The van der Waals surface area contributed by atoms with Gasteiger partial charge in [0.1, 0.15) is 11.9 Å². The molecule has 34 heavy (non-hydrogen) atoms. The van der Waals surface area contributed by atoms with E-state index >= 15 is 0 Å². The van der Waals surface area contributed by atoms with Gasteiger partial charge < -0.3 is 0 Å². The third kappa shape index (κ3) is 4.46. The lowest BCUT2D eigenvalue weighted by Gasteiger charge is -2.27. The summed E-state index contributed by atoms with van der Waals surface area (Å²) in [4.78, 5) is 26.9. The van der Waals surface area contributed by atoms with E-state index in [4.69, 9.17) is 5.26 Å². The third-order valence-electron chi connectivity index (χ3n) is 5.60. The lowest BCUT2D eigenvalue weighted by molar-refractivity contribution is -0.122. The summed E-state index contributed by atoms with van der Waals surface area (Å²) in [6.45, 7) is 1.75. The summed E-state index contributed by atoms with van der Waals surface area (Å²) in [5, 5.41) is 8.99. The Balaban J connectivity index is 1.74. The van der Waals surface area contributed by atoms with Crippen molar-refractivity contribution < 1.29 is 22.4 Å². The van der Waals surface area contributed by atoms with Crippen molar-refractivity contribution in [2.45, 2.75) is 30.8 Å². The summed E-state index contributed by atoms with van der Waals surface area (Å²) >= 11 is 0. The van der Waals surface area contributed by atoms with Crippen molar-refractivity contribution in [1.82, 2.24) is 4.31 Å². The van der Waals surface area contributed by atoms with Crippen LogP contribution in [0.1, 0.15) is 23.1 Å². The van der Waals surface area contributed by atoms with Crippen molar-refractivity contribution in [3.8, 4) is 6.07 Å². The van der Waals surface area contributed by atoms with Crippen molar-refractivity contribution in [3.63, 3.8) is 0 Å². The molecule has 1 heterocycles. The van der Waals surface area contributed by atoms with E-state index in [0.29, 0.717) is 11.1 Å². The Morgan fingerprint density at radius 1 is 1.00 bits per heavy atom. The number of carbonyl (C=O) groups is 2. The summed E-state index contributed by atoms with van der Waals surface area (Å²) in [5.41, 5.74) is 2.23. The highest BCUT2D eigenvalue weighted by Crippen LogP contribution is 2.31. The zero-order valence-electron chi connectivity index (χ0n) is 18.2. The first-order chi connectivity index (χ1) is 16.2. The number of rotatable bonds is 6. The first-order valence-electron chi connectivity index (χ1n) is 10.4. The molecule has 0 bridgehead atoms. The minimum absolute atomic E-state index is 0.148. The molecule has 0 aliphatic carbocycles. The van der Waals surface area contributed by atoms with Gasteiger partial charge >= 0.3 is 0 Å². The molecule has 0 spiro atoms. The molecule has 3 aromatic rings. The van der Waals surface area contributed by atoms with Gasteiger partial charge in [-0.3, -0.25) is 9.59 Å². The monoisotopic (exact) mass is 477 g/mol. The summed E-state index contributed by atoms with van der Waals surface area (Å²) in [7, 11) is -4.26. The van der Waals surface area contributed by atoms with E-state index in [-0.39, 0.29) is 23.5 Å². The number of carbonyl (C=O) groups excluding carboxylic acids is 2. The molecule has 3 aromatic carbocycles. The van der Waals surface area contributed by atoms with Gasteiger partial charge in [-0.05, 0) is 61.0 Å². The fourth-order valence-corrected chi connectivity index (χ4v) is 5.34. The van der Waals surface area contributed by atoms with Crippen LogP contribution in [0, 0.1) is 24.1 Å². The molecule has 1 atom stereocenters. The van der Waals surface area contributed by atoms with Gasteiger partial charge in [0.25, 0.3) is 5.91 Å². The average Bonchev–Trinajstić information content (AvgIpc) is 3.12. The maximum atomic E-state index is 13.6. The van der Waals surface area contributed by atoms with Crippen molar-refractivity contribution in [2.75, 3.05) is 4.90 Å². The zero-order chi connectivity index (χ0) is 24.5. The standard InChI is InChI=1S/C25H20FN3O4S/c1-17-2-4-19(5-3-17)16-28(34(32,33)22-12-8-20(26)9-13-22)23-14-24(30)29(25(23)31)21-10-6-18(15-27)7-11-21/h2-13,23H,14,16H2,1H3. The smallest absolute Gasteiger partial charge is 0.252 e. The molecule has 1 fully saturated rings. The molecule has 1 unspecified atom stereocenters. The van der Waals surface area contributed by atoms with E-state index in [1.807, 2.05) is 25.1 Å². The third-order valence-corrected chi connectivity index (χ3v) is 7.47. The van der Waals surface area contributed by atoms with Gasteiger partial charge in [-0.15, -0.1) is 0 Å². The second kappa shape index (κ2) is 9.17. The predicted octanol–water partition coefficient (Wildman–Crippen LogP) is 3.53. The van der Waals surface area contributed by atoms with Gasteiger partial charge in [0.05, 0.1) is 28.6 Å². The number of imide groups is 1. The Morgan fingerprint density at radius 3 is 2.21 bits per heavy atom. The lowest BCUT2D eigenvalue weighted by atomic mass is 10.1. The topological polar surface area (TPSA) is 98.5 Å². The van der Waals surface area contributed by atoms with Crippen LogP contribution in [-0.2, 0) is 26.2 Å². The van der Waals surface area contributed by atoms with Crippen molar-refractivity contribution >= 4 is 27.5 Å². The van der Waals surface area contributed by atoms with Gasteiger partial charge in [-0.25, -0.2) is 17.7 Å². The van der Waals surface area contributed by atoms with Crippen LogP contribution >= 0.6 is 0 Å². The number of hydrogen-bond donors (Lipinski definition) is 0. The number of amides is 2. The highest BCUT2D eigenvalue weighted by Gasteiger charge is 2.47. The summed E-state index contributed by atoms with van der Waals surface area (Å²) in [6, 6.07) is 18.0. The van der Waals surface area contributed by atoms with E-state index < -0.39 is 33.7 Å². The zero-order valence-corrected chi connectivity index (χ0v) is 19.0. The van der Waals surface area contributed by atoms with Crippen LogP contribution in [0.5, 0.6) is 0 Å². The minimum Gasteiger partial charge on any atom is -0.274 e. The second-order valence-corrected chi connectivity index (χ2v) is 9.83. The van der Waals surface area contributed by atoms with E-state index in [2.05, 4.69) is 0 Å². The van der Waals surface area contributed by atoms with Crippen LogP contribution in [0.3, 0.4) is 0 Å². The molecule has 0 saturated carbocycles. The first-order valence-corrected chi connectivity index (χ1v) is 11.8. The summed E-state index contributed by atoms with van der Waals surface area (Å²) in [5.74, 6) is -1.83. The Labute approximate surface area is 196 Å². The molecule has 0 N–H and O–H groups in total. The highest BCUT2D eigenvalue weighted by molar-refractivity contribution is 7.89. The number of sulfonamides is 1. The Hall–Kier alpha value is -3.87. The predicted molar refractivity (Wildman–Crippen MR) is 122 cm³/mol. The number of hydrogen-bond acceptors (Lipinski definition) is 5. The number of aryl methyl sites for hydroxylation is 1. The molecule has 172 valence electrons. The largest absolute Gasteiger partial charge is 0.274 e. The molecular weight excluding hydrogens is 457 g/mol. The molecule has 0 radical (unpaired) electrons. The fourth-order valence-electron chi connectivity index (χ4n) is 3.78. The van der Waals surface area contributed by atoms with E-state index in [1.54, 1.807) is 12.1 Å². The highest BCUT2D eigenvalue weighted by atomic mass is 32.2. The van der Waals surface area contributed by atoms with Crippen LogP contribution in [-0.4, -0.2) is 30.6 Å². The molecule has 1 saturated heterocycles. The van der Waals surface area contributed by atoms with Crippen LogP contribution in [0.25, 0.3) is 0 Å². The summed E-state index contributed by atoms with van der Waals surface area (Å²) in [6.07, 6.45) is -0.342. The Morgan fingerprint density at radius 2 is 1.62 bits per heavy atom. The fraction of sp³-hybridized carbons (Fsp3) is 0.160. The molecular formula is C25H20FN3O4S. The molecule has 7 nitrogen and oxygen atoms in total. The Bertz CT molecular complexity index is 1380. The van der Waals surface area contributed by atoms with Crippen LogP contribution in [0.2, 0.25) is 0 Å². The SMILES string of the molecule is Cc1ccc(CN(C2CC(=O)N(c3ccc(C#N)cc3)C2=O)S(=O)(=O)c2ccc(F)cc2)cc1. The molecule has 1 aliphatic rings. The lowest BCUT2D eigenvalue weighted by Crippen LogP contribution is -2.45. The van der Waals surface area contributed by atoms with Gasteiger partial charge in [0, 0.05) is 6.54 Å². The van der Waals surface area contributed by atoms with Crippen molar-refractivity contribution in [3.05, 3.63) is 95.3 Å².